The lowest BCUT2D eigenvalue weighted by Crippen LogP contribution is -2.41. The third-order valence-electron chi connectivity index (χ3n) is 5.01. The number of thioether (sulfide) groups is 1. The van der Waals surface area contributed by atoms with Crippen molar-refractivity contribution in [1.29, 1.82) is 0 Å². The van der Waals surface area contributed by atoms with Crippen molar-refractivity contribution in [3.05, 3.63) is 34.7 Å². The third kappa shape index (κ3) is 5.16. The molecule has 2 amide bonds. The number of rotatable bonds is 6. The molecule has 9 heteroatoms. The van der Waals surface area contributed by atoms with Gasteiger partial charge in [0.05, 0.1) is 17.9 Å². The zero-order valence-electron chi connectivity index (χ0n) is 16.0. The van der Waals surface area contributed by atoms with E-state index in [4.69, 9.17) is 22.1 Å². The zero-order valence-corrected chi connectivity index (χ0v) is 17.6. The van der Waals surface area contributed by atoms with Crippen LogP contribution in [-0.2, 0) is 14.4 Å². The molecule has 2 aliphatic rings. The van der Waals surface area contributed by atoms with Crippen molar-refractivity contribution in [2.24, 2.45) is 5.92 Å². The van der Waals surface area contributed by atoms with Crippen molar-refractivity contribution >= 4 is 52.2 Å². The quantitative estimate of drug-likeness (QED) is 0.544. The highest BCUT2D eigenvalue weighted by atomic mass is 32.2. The Kier molecular flexibility index (Phi) is 6.92. The molecule has 0 aliphatic carbocycles. The molecule has 0 unspecified atom stereocenters. The van der Waals surface area contributed by atoms with Crippen LogP contribution in [0.4, 0.5) is 0 Å². The van der Waals surface area contributed by atoms with Gasteiger partial charge in [0.15, 0.2) is 0 Å². The molecule has 2 saturated heterocycles. The van der Waals surface area contributed by atoms with E-state index in [0.29, 0.717) is 40.9 Å². The molecule has 0 radical (unpaired) electrons. The summed E-state index contributed by atoms with van der Waals surface area (Å²) in [6, 6.07) is 7.38. The van der Waals surface area contributed by atoms with Gasteiger partial charge in [0.1, 0.15) is 10.1 Å². The number of piperidine rings is 1. The SMILES string of the molecule is COc1cccc(C=C2SC(=S)N(CCC(=O)N3CCC(C(=O)O)CC3)C2=O)c1. The zero-order chi connectivity index (χ0) is 21.0. The number of carboxylic acid groups (broad SMARTS) is 1. The molecule has 154 valence electrons. The van der Waals surface area contributed by atoms with Crippen LogP contribution in [-0.4, -0.2) is 63.8 Å². The minimum absolute atomic E-state index is 0.0836. The van der Waals surface area contributed by atoms with Crippen molar-refractivity contribution in [3.63, 3.8) is 0 Å². The Morgan fingerprint density at radius 1 is 1.34 bits per heavy atom. The molecular formula is C20H22N2O5S2. The van der Waals surface area contributed by atoms with Gasteiger partial charge < -0.3 is 14.7 Å². The predicted molar refractivity (Wildman–Crippen MR) is 114 cm³/mol. The molecule has 7 nitrogen and oxygen atoms in total. The summed E-state index contributed by atoms with van der Waals surface area (Å²) in [5, 5.41) is 9.05. The highest BCUT2D eigenvalue weighted by Crippen LogP contribution is 2.33. The first-order valence-corrected chi connectivity index (χ1v) is 10.5. The van der Waals surface area contributed by atoms with Gasteiger partial charge >= 0.3 is 5.97 Å². The van der Waals surface area contributed by atoms with E-state index < -0.39 is 5.97 Å². The van der Waals surface area contributed by atoms with Crippen LogP contribution in [0.1, 0.15) is 24.8 Å². The Labute approximate surface area is 178 Å². The van der Waals surface area contributed by atoms with E-state index in [0.717, 1.165) is 5.56 Å². The van der Waals surface area contributed by atoms with Crippen LogP contribution in [0.3, 0.4) is 0 Å². The van der Waals surface area contributed by atoms with E-state index in [1.807, 2.05) is 24.3 Å². The van der Waals surface area contributed by atoms with Gasteiger partial charge in [-0.2, -0.15) is 0 Å². The normalized spacial score (nSPS) is 19.1. The Hall–Kier alpha value is -2.39. The number of thiocarbonyl (C=S) groups is 1. The Balaban J connectivity index is 1.57. The monoisotopic (exact) mass is 434 g/mol. The lowest BCUT2D eigenvalue weighted by Gasteiger charge is -2.30. The summed E-state index contributed by atoms with van der Waals surface area (Å²) in [5.41, 5.74) is 0.835. The van der Waals surface area contributed by atoms with Crippen LogP contribution in [0.15, 0.2) is 29.2 Å². The largest absolute Gasteiger partial charge is 0.497 e. The fraction of sp³-hybridized carbons (Fsp3) is 0.400. The number of ether oxygens (including phenoxy) is 1. The van der Waals surface area contributed by atoms with E-state index >= 15 is 0 Å². The van der Waals surface area contributed by atoms with Crippen LogP contribution in [0.2, 0.25) is 0 Å². The minimum Gasteiger partial charge on any atom is -0.497 e. The summed E-state index contributed by atoms with van der Waals surface area (Å²) in [7, 11) is 1.58. The van der Waals surface area contributed by atoms with Crippen molar-refractivity contribution in [3.8, 4) is 5.75 Å². The van der Waals surface area contributed by atoms with Gasteiger partial charge in [-0.1, -0.05) is 36.1 Å². The number of hydrogen-bond donors (Lipinski definition) is 1. The fourth-order valence-electron chi connectivity index (χ4n) is 3.32. The van der Waals surface area contributed by atoms with Crippen LogP contribution in [0.25, 0.3) is 6.08 Å². The van der Waals surface area contributed by atoms with Crippen molar-refractivity contribution in [1.82, 2.24) is 9.80 Å². The standard InChI is InChI=1S/C20H22N2O5S2/c1-27-15-4-2-3-13(11-15)12-16-18(24)22(20(28)29-16)10-7-17(23)21-8-5-14(6-9-21)19(25)26/h2-4,11-12,14H,5-10H2,1H3,(H,25,26). The second-order valence-corrected chi connectivity index (χ2v) is 8.53. The van der Waals surface area contributed by atoms with Gasteiger partial charge in [-0.3, -0.25) is 19.3 Å². The Morgan fingerprint density at radius 3 is 2.72 bits per heavy atom. The smallest absolute Gasteiger partial charge is 0.306 e. The van der Waals surface area contributed by atoms with Crippen molar-refractivity contribution < 1.29 is 24.2 Å². The van der Waals surface area contributed by atoms with Gasteiger partial charge in [0.2, 0.25) is 5.91 Å². The molecular weight excluding hydrogens is 412 g/mol. The van der Waals surface area contributed by atoms with Gasteiger partial charge in [0.25, 0.3) is 5.91 Å². The lowest BCUT2D eigenvalue weighted by atomic mass is 9.97. The van der Waals surface area contributed by atoms with Crippen LogP contribution in [0.5, 0.6) is 5.75 Å². The number of amides is 2. The average molecular weight is 435 g/mol. The second kappa shape index (κ2) is 9.41. The number of methoxy groups -OCH3 is 1. The van der Waals surface area contributed by atoms with Crippen molar-refractivity contribution in [2.45, 2.75) is 19.3 Å². The molecule has 2 heterocycles. The Morgan fingerprint density at radius 2 is 2.07 bits per heavy atom. The summed E-state index contributed by atoms with van der Waals surface area (Å²) in [6.07, 6.45) is 2.85. The number of carboxylic acids is 1. The van der Waals surface area contributed by atoms with Crippen LogP contribution in [0, 0.1) is 5.92 Å². The lowest BCUT2D eigenvalue weighted by molar-refractivity contribution is -0.145. The van der Waals surface area contributed by atoms with Gasteiger partial charge in [-0.25, -0.2) is 0 Å². The highest BCUT2D eigenvalue weighted by Gasteiger charge is 2.33. The van der Waals surface area contributed by atoms with Gasteiger partial charge in [-0.05, 0) is 36.6 Å². The molecule has 1 aromatic rings. The molecule has 0 atom stereocenters. The number of aliphatic carboxylic acids is 1. The Bertz CT molecular complexity index is 862. The molecule has 1 aromatic carbocycles. The maximum atomic E-state index is 12.7. The number of benzene rings is 1. The molecule has 3 rings (SSSR count). The number of hydrogen-bond acceptors (Lipinski definition) is 6. The highest BCUT2D eigenvalue weighted by molar-refractivity contribution is 8.26. The molecule has 0 saturated carbocycles. The van der Waals surface area contributed by atoms with E-state index in [9.17, 15) is 14.4 Å². The summed E-state index contributed by atoms with van der Waals surface area (Å²) >= 11 is 6.54. The molecule has 29 heavy (non-hydrogen) atoms. The number of carbonyl (C=O) groups is 3. The van der Waals surface area contributed by atoms with E-state index in [1.54, 1.807) is 18.1 Å². The third-order valence-corrected chi connectivity index (χ3v) is 6.39. The van der Waals surface area contributed by atoms with Crippen LogP contribution >= 0.6 is 24.0 Å². The molecule has 0 bridgehead atoms. The first kappa shape index (κ1) is 21.3. The topological polar surface area (TPSA) is 87.2 Å². The van der Waals surface area contributed by atoms with E-state index in [-0.39, 0.29) is 30.7 Å². The van der Waals surface area contributed by atoms with Crippen LogP contribution < -0.4 is 4.74 Å². The maximum Gasteiger partial charge on any atom is 0.306 e. The van der Waals surface area contributed by atoms with E-state index in [2.05, 4.69) is 0 Å². The summed E-state index contributed by atoms with van der Waals surface area (Å²) in [4.78, 5) is 39.8. The minimum atomic E-state index is -0.808. The predicted octanol–water partition coefficient (Wildman–Crippen LogP) is 2.61. The molecule has 0 spiro atoms. The number of nitrogens with zero attached hydrogens (tertiary/aromatic N) is 2. The summed E-state index contributed by atoms with van der Waals surface area (Å²) in [5.74, 6) is -0.781. The first-order chi connectivity index (χ1) is 13.9. The molecule has 2 fully saturated rings. The van der Waals surface area contributed by atoms with Gasteiger partial charge in [0, 0.05) is 26.1 Å². The molecule has 1 N–H and O–H groups in total. The fourth-order valence-corrected chi connectivity index (χ4v) is 4.63. The first-order valence-electron chi connectivity index (χ1n) is 9.29. The second-order valence-electron chi connectivity index (χ2n) is 6.85. The van der Waals surface area contributed by atoms with Crippen molar-refractivity contribution in [2.75, 3.05) is 26.7 Å². The number of likely N-dealkylation sites (tertiary alicyclic amines) is 1. The summed E-state index contributed by atoms with van der Waals surface area (Å²) in [6.45, 7) is 1.09. The maximum absolute atomic E-state index is 12.7. The summed E-state index contributed by atoms with van der Waals surface area (Å²) < 4.78 is 5.63. The van der Waals surface area contributed by atoms with Gasteiger partial charge in [-0.15, -0.1) is 0 Å². The molecule has 2 aliphatic heterocycles. The molecule has 0 aromatic heterocycles. The number of carbonyl (C=O) groups excluding carboxylic acids is 2. The average Bonchev–Trinajstić information content (AvgIpc) is 2.99. The van der Waals surface area contributed by atoms with E-state index in [1.165, 1.54) is 16.7 Å².